The molecule has 0 fully saturated rings. The summed E-state index contributed by atoms with van der Waals surface area (Å²) < 4.78 is 1.81. The number of rotatable bonds is 5. The molecular weight excluding hydrogens is 598 g/mol. The second-order valence-electron chi connectivity index (χ2n) is 13.9. The van der Waals surface area contributed by atoms with Crippen LogP contribution in [0.4, 0.5) is 0 Å². The lowest BCUT2D eigenvalue weighted by atomic mass is 10.2. The van der Waals surface area contributed by atoms with Gasteiger partial charge in [-0.3, -0.25) is 15.6 Å². The highest BCUT2D eigenvalue weighted by Gasteiger charge is 1.98. The van der Waals surface area contributed by atoms with Crippen LogP contribution in [0.5, 0.6) is 0 Å². The molecule has 0 radical (unpaired) electrons. The summed E-state index contributed by atoms with van der Waals surface area (Å²) in [5.41, 5.74) is 8.53. The van der Waals surface area contributed by atoms with Crippen LogP contribution in [0.2, 0.25) is 0 Å². The predicted octanol–water partition coefficient (Wildman–Crippen LogP) is 10.3. The highest BCUT2D eigenvalue weighted by atomic mass is 15.3. The second-order valence-corrected chi connectivity index (χ2v) is 13.9. The number of hydrazine groups is 1. The first kappa shape index (κ1) is 57.1. The Balaban J connectivity index is -0.000000108. The molecule has 0 aromatic carbocycles. The molecule has 3 rings (SSSR count). The molecule has 0 aliphatic carbocycles. The molecule has 0 saturated carbocycles. The number of hydrogen-bond acceptors (Lipinski definition) is 8. The summed E-state index contributed by atoms with van der Waals surface area (Å²) in [5.74, 6) is 10.9. The molecular formula is C37H83N11. The second kappa shape index (κ2) is 40.0. The quantitative estimate of drug-likeness (QED) is 0.131. The summed E-state index contributed by atoms with van der Waals surface area (Å²) in [7, 11) is 0. The minimum atomic E-state index is 0. The highest BCUT2D eigenvalue weighted by Crippen LogP contribution is 2.05. The van der Waals surface area contributed by atoms with Crippen molar-refractivity contribution in [3.05, 3.63) is 54.9 Å². The number of nitrogens with zero attached hydrogens (tertiary/aromatic N) is 6. The number of H-pyrrole nitrogens is 2. The lowest BCUT2D eigenvalue weighted by Gasteiger charge is -2.07. The number of imidazole rings is 1. The third kappa shape index (κ3) is 52.3. The van der Waals surface area contributed by atoms with E-state index in [4.69, 9.17) is 11.6 Å². The topological polar surface area (TPSA) is 165 Å². The molecule has 0 amide bonds. The first-order valence-electron chi connectivity index (χ1n) is 17.3. The van der Waals surface area contributed by atoms with Gasteiger partial charge < -0.3 is 16.1 Å². The van der Waals surface area contributed by atoms with Crippen molar-refractivity contribution in [2.45, 2.75) is 163 Å². The Hall–Kier alpha value is -3.21. The van der Waals surface area contributed by atoms with Gasteiger partial charge in [0.05, 0.1) is 0 Å². The molecule has 0 aliphatic rings. The van der Waals surface area contributed by atoms with Gasteiger partial charge in [0.15, 0.2) is 0 Å². The maximum atomic E-state index is 5.18. The monoisotopic (exact) mass is 682 g/mol. The van der Waals surface area contributed by atoms with Gasteiger partial charge in [-0.1, -0.05) is 132 Å². The summed E-state index contributed by atoms with van der Waals surface area (Å²) in [6, 6.07) is 0.428. The van der Waals surface area contributed by atoms with Crippen LogP contribution in [0.15, 0.2) is 43.3 Å². The summed E-state index contributed by atoms with van der Waals surface area (Å²) in [6.45, 7) is 40.3. The van der Waals surface area contributed by atoms with E-state index in [-0.39, 0.29) is 7.43 Å². The molecule has 11 heteroatoms. The zero-order valence-electron chi connectivity index (χ0n) is 34.1. The van der Waals surface area contributed by atoms with Crippen LogP contribution in [-0.2, 0) is 0 Å². The lowest BCUT2D eigenvalue weighted by molar-refractivity contribution is 0.531. The van der Waals surface area contributed by atoms with Crippen molar-refractivity contribution < 1.29 is 0 Å². The first-order valence-corrected chi connectivity index (χ1v) is 17.3. The van der Waals surface area contributed by atoms with Gasteiger partial charge in [0.1, 0.15) is 30.6 Å². The maximum Gasteiger partial charge on any atom is 0.137 e. The van der Waals surface area contributed by atoms with Gasteiger partial charge in [-0.25, -0.2) is 15.0 Å². The van der Waals surface area contributed by atoms with Gasteiger partial charge in [-0.05, 0) is 37.5 Å². The molecule has 0 atom stereocenters. The summed E-state index contributed by atoms with van der Waals surface area (Å²) in [5, 5.41) is 10.4. The standard InChI is InChI=1S/C6H10N2.2C5H9N3.C5H13N3.3C4H10.C3H8.CH4/c1-5(2)6-7-3-4-8-6;1-5(2)8-4-6-3-7-8;1-4(2)5-6-3-7-8-5;1-4(2)5(3-6)8-7;3*1-4(2)3;1-3-2;/h3-5H,1-2H3,(H,7,8);3-5H,1-2H3;3-4H,1-2H3,(H,6,7,8);3-4,8H,6-7H2,1-2H3;3*4H,1-3H3;3H2,1-2H3;1H4/b;;;5-3-;;;;;. The van der Waals surface area contributed by atoms with Crippen LogP contribution >= 0.6 is 0 Å². The number of hydrogen-bond donors (Lipinski definition) is 5. The van der Waals surface area contributed by atoms with Crippen LogP contribution in [-0.4, -0.2) is 39.9 Å². The zero-order chi connectivity index (χ0) is 38.0. The van der Waals surface area contributed by atoms with E-state index in [0.29, 0.717) is 23.8 Å². The van der Waals surface area contributed by atoms with E-state index in [1.807, 2.05) is 20.0 Å². The van der Waals surface area contributed by atoms with Gasteiger partial charge in [-0.15, -0.1) is 0 Å². The summed E-state index contributed by atoms with van der Waals surface area (Å²) in [4.78, 5) is 14.8. The van der Waals surface area contributed by atoms with Crippen molar-refractivity contribution in [1.82, 2.24) is 45.3 Å². The van der Waals surface area contributed by atoms with E-state index in [2.05, 4.69) is 158 Å². The largest absolute Gasteiger partial charge is 0.403 e. The van der Waals surface area contributed by atoms with Crippen molar-refractivity contribution in [3.63, 3.8) is 0 Å². The van der Waals surface area contributed by atoms with E-state index in [0.717, 1.165) is 35.1 Å². The summed E-state index contributed by atoms with van der Waals surface area (Å²) in [6.07, 6.45) is 11.1. The Kier molecular flexibility index (Phi) is 47.5. The molecule has 0 aliphatic heterocycles. The zero-order valence-corrected chi connectivity index (χ0v) is 34.1. The van der Waals surface area contributed by atoms with Crippen molar-refractivity contribution in [3.8, 4) is 0 Å². The number of nitrogens with two attached hydrogens (primary N) is 2. The molecule has 0 saturated heterocycles. The molecule has 3 heterocycles. The molecule has 3 aromatic rings. The number of aromatic nitrogens is 8. The van der Waals surface area contributed by atoms with Crippen molar-refractivity contribution >= 4 is 0 Å². The van der Waals surface area contributed by atoms with E-state index < -0.39 is 0 Å². The molecule has 0 unspecified atom stereocenters. The van der Waals surface area contributed by atoms with Gasteiger partial charge in [-0.2, -0.15) is 10.2 Å². The predicted molar refractivity (Wildman–Crippen MR) is 212 cm³/mol. The van der Waals surface area contributed by atoms with Crippen LogP contribution in [0.25, 0.3) is 0 Å². The van der Waals surface area contributed by atoms with Crippen LogP contribution in [0, 0.1) is 23.7 Å². The van der Waals surface area contributed by atoms with E-state index in [9.17, 15) is 0 Å². The lowest BCUT2D eigenvalue weighted by Crippen LogP contribution is -2.25. The fraction of sp³-hybridized carbons (Fsp3) is 0.757. The molecule has 286 valence electrons. The normalized spacial score (nSPS) is 9.85. The molecule has 0 spiro atoms. The Morgan fingerprint density at radius 2 is 1.21 bits per heavy atom. The average Bonchev–Trinajstić information content (AvgIpc) is 3.74. The van der Waals surface area contributed by atoms with Crippen LogP contribution < -0.4 is 17.0 Å². The SMILES string of the molecule is C.CC(C)/C(=C/N)NN.CC(C)C.CC(C)C.CC(C)C.CC(C)c1ncc[nH]1.CC(C)c1ncn[nH]1.CC(C)n1cncn1.CCC. The van der Waals surface area contributed by atoms with E-state index >= 15 is 0 Å². The third-order valence-corrected chi connectivity index (χ3v) is 3.98. The van der Waals surface area contributed by atoms with Crippen LogP contribution in [0.1, 0.15) is 175 Å². The van der Waals surface area contributed by atoms with Crippen molar-refractivity contribution in [1.29, 1.82) is 0 Å². The molecule has 48 heavy (non-hydrogen) atoms. The van der Waals surface area contributed by atoms with E-state index in [1.54, 1.807) is 23.5 Å². The van der Waals surface area contributed by atoms with Gasteiger partial charge in [0, 0.05) is 42.2 Å². The minimum absolute atomic E-state index is 0. The number of aromatic amines is 2. The van der Waals surface area contributed by atoms with Crippen molar-refractivity contribution in [2.24, 2.45) is 35.2 Å². The van der Waals surface area contributed by atoms with Gasteiger partial charge in [0.2, 0.25) is 0 Å². The smallest absolute Gasteiger partial charge is 0.137 e. The third-order valence-electron chi connectivity index (χ3n) is 3.98. The molecule has 11 nitrogen and oxygen atoms in total. The Morgan fingerprint density at radius 3 is 1.33 bits per heavy atom. The Bertz CT molecular complexity index is 828. The molecule has 3 aromatic heterocycles. The molecule has 7 N–H and O–H groups in total. The number of nitrogens with one attached hydrogen (secondary N) is 3. The van der Waals surface area contributed by atoms with Gasteiger partial charge >= 0.3 is 0 Å². The number of allylic oxidation sites excluding steroid dienone is 1. The maximum absolute atomic E-state index is 5.18. The Morgan fingerprint density at radius 1 is 0.771 bits per heavy atom. The fourth-order valence-corrected chi connectivity index (χ4v) is 1.98. The highest BCUT2D eigenvalue weighted by molar-refractivity contribution is 4.97. The van der Waals surface area contributed by atoms with Gasteiger partial charge in [0.25, 0.3) is 0 Å². The minimum Gasteiger partial charge on any atom is -0.403 e. The average molecular weight is 682 g/mol. The summed E-state index contributed by atoms with van der Waals surface area (Å²) >= 11 is 0. The van der Waals surface area contributed by atoms with E-state index in [1.165, 1.54) is 18.9 Å². The Labute approximate surface area is 298 Å². The van der Waals surface area contributed by atoms with Crippen molar-refractivity contribution in [2.75, 3.05) is 0 Å². The first-order chi connectivity index (χ1) is 21.7. The van der Waals surface area contributed by atoms with Crippen LogP contribution in [0.3, 0.4) is 0 Å². The fourth-order valence-electron chi connectivity index (χ4n) is 1.98. The molecule has 0 bridgehead atoms.